The molecule has 4 heteroatoms. The molecule has 0 aliphatic carbocycles. The molecule has 0 spiro atoms. The van der Waals surface area contributed by atoms with Crippen molar-refractivity contribution in [2.45, 2.75) is 0 Å². The van der Waals surface area contributed by atoms with E-state index in [2.05, 4.69) is 0 Å². The van der Waals surface area contributed by atoms with Gasteiger partial charge in [-0.3, -0.25) is 4.79 Å². The minimum Gasteiger partial charge on any atom is -0.457 e. The monoisotopic (exact) mass is 238 g/mol. The molecule has 0 unspecified atom stereocenters. The van der Waals surface area contributed by atoms with E-state index in [1.807, 2.05) is 6.07 Å². The third-order valence-electron chi connectivity index (χ3n) is 2.36. The summed E-state index contributed by atoms with van der Waals surface area (Å²) in [7, 11) is 0. The molecule has 4 nitrogen and oxygen atoms in total. The van der Waals surface area contributed by atoms with Gasteiger partial charge in [-0.15, -0.1) is 0 Å². The van der Waals surface area contributed by atoms with Crippen molar-refractivity contribution < 1.29 is 9.53 Å². The molecule has 18 heavy (non-hydrogen) atoms. The maximum absolute atomic E-state index is 10.9. The van der Waals surface area contributed by atoms with E-state index in [0.717, 1.165) is 0 Å². The van der Waals surface area contributed by atoms with E-state index >= 15 is 0 Å². The summed E-state index contributed by atoms with van der Waals surface area (Å²) in [4.78, 5) is 10.9. The van der Waals surface area contributed by atoms with Gasteiger partial charge in [0, 0.05) is 5.56 Å². The van der Waals surface area contributed by atoms with Gasteiger partial charge < -0.3 is 10.5 Å². The Bertz CT molecular complexity index is 595. The maximum Gasteiger partial charge on any atom is 0.248 e. The number of nitrogens with two attached hydrogens (primary N) is 1. The van der Waals surface area contributed by atoms with Crippen LogP contribution in [0.2, 0.25) is 0 Å². The number of nitriles is 1. The van der Waals surface area contributed by atoms with Crippen LogP contribution in [0, 0.1) is 11.3 Å². The van der Waals surface area contributed by atoms with Crippen LogP contribution < -0.4 is 10.5 Å². The van der Waals surface area contributed by atoms with Gasteiger partial charge in [-0.1, -0.05) is 0 Å². The van der Waals surface area contributed by atoms with Crippen molar-refractivity contribution in [1.29, 1.82) is 5.26 Å². The van der Waals surface area contributed by atoms with E-state index in [9.17, 15) is 4.79 Å². The first-order valence-corrected chi connectivity index (χ1v) is 5.27. The molecule has 0 saturated heterocycles. The average Bonchev–Trinajstić information content (AvgIpc) is 2.40. The zero-order chi connectivity index (χ0) is 13.0. The Kier molecular flexibility index (Phi) is 3.26. The predicted octanol–water partition coefficient (Wildman–Crippen LogP) is 2.45. The third kappa shape index (κ3) is 2.66. The predicted molar refractivity (Wildman–Crippen MR) is 66.2 cm³/mol. The van der Waals surface area contributed by atoms with Crippen molar-refractivity contribution in [3.05, 3.63) is 59.7 Å². The van der Waals surface area contributed by atoms with E-state index in [0.29, 0.717) is 22.6 Å². The van der Waals surface area contributed by atoms with Crippen molar-refractivity contribution in [2.24, 2.45) is 5.73 Å². The fourth-order valence-corrected chi connectivity index (χ4v) is 1.42. The second-order valence-electron chi connectivity index (χ2n) is 3.63. The van der Waals surface area contributed by atoms with Crippen molar-refractivity contribution in [3.8, 4) is 17.6 Å². The molecule has 88 valence electrons. The second kappa shape index (κ2) is 5.02. The molecule has 0 saturated carbocycles. The molecule has 2 N–H and O–H groups in total. The first-order chi connectivity index (χ1) is 8.69. The molecule has 0 aliphatic rings. The van der Waals surface area contributed by atoms with Crippen molar-refractivity contribution >= 4 is 5.91 Å². The van der Waals surface area contributed by atoms with Crippen LogP contribution in [-0.2, 0) is 0 Å². The highest BCUT2D eigenvalue weighted by Crippen LogP contribution is 2.21. The Morgan fingerprint density at radius 3 is 1.94 bits per heavy atom. The summed E-state index contributed by atoms with van der Waals surface area (Å²) in [5.41, 5.74) is 6.15. The number of carbonyl (C=O) groups excluding carboxylic acids is 1. The SMILES string of the molecule is N#Cc1ccc(Oc2ccc(C(N)=O)cc2)cc1. The number of rotatable bonds is 3. The van der Waals surface area contributed by atoms with E-state index in [4.69, 9.17) is 15.7 Å². The normalized spacial score (nSPS) is 9.50. The van der Waals surface area contributed by atoms with Gasteiger partial charge in [0.05, 0.1) is 11.6 Å². The zero-order valence-electron chi connectivity index (χ0n) is 9.46. The maximum atomic E-state index is 10.9. The van der Waals surface area contributed by atoms with Crippen LogP contribution >= 0.6 is 0 Å². The third-order valence-corrected chi connectivity index (χ3v) is 2.36. The summed E-state index contributed by atoms with van der Waals surface area (Å²) in [5.74, 6) is 0.755. The molecule has 0 fully saturated rings. The van der Waals surface area contributed by atoms with Gasteiger partial charge >= 0.3 is 0 Å². The van der Waals surface area contributed by atoms with E-state index < -0.39 is 5.91 Å². The van der Waals surface area contributed by atoms with Crippen LogP contribution in [0.3, 0.4) is 0 Å². The minimum atomic E-state index is -0.472. The molecule has 0 bridgehead atoms. The molecule has 0 heterocycles. The van der Waals surface area contributed by atoms with Crippen LogP contribution in [-0.4, -0.2) is 5.91 Å². The van der Waals surface area contributed by atoms with Crippen LogP contribution in [0.25, 0.3) is 0 Å². The topological polar surface area (TPSA) is 76.1 Å². The lowest BCUT2D eigenvalue weighted by Crippen LogP contribution is -2.10. The molecule has 0 aromatic heterocycles. The van der Waals surface area contributed by atoms with Crippen molar-refractivity contribution in [3.63, 3.8) is 0 Å². The quantitative estimate of drug-likeness (QED) is 0.892. The standard InChI is InChI=1S/C14H10N2O2/c15-9-10-1-5-12(6-2-10)18-13-7-3-11(4-8-13)14(16)17/h1-8H,(H2,16,17). The number of primary amides is 1. The summed E-state index contributed by atoms with van der Waals surface area (Å²) in [6, 6.07) is 15.3. The number of hydrogen-bond donors (Lipinski definition) is 1. The second-order valence-corrected chi connectivity index (χ2v) is 3.63. The number of hydrogen-bond acceptors (Lipinski definition) is 3. The molecule has 0 atom stereocenters. The molecular formula is C14H10N2O2. The molecule has 2 aromatic carbocycles. The van der Waals surface area contributed by atoms with Gasteiger partial charge in [0.1, 0.15) is 11.5 Å². The van der Waals surface area contributed by atoms with Crippen LogP contribution in [0.5, 0.6) is 11.5 Å². The number of benzene rings is 2. The Balaban J connectivity index is 2.13. The van der Waals surface area contributed by atoms with Crippen molar-refractivity contribution in [2.75, 3.05) is 0 Å². The summed E-state index contributed by atoms with van der Waals surface area (Å²) < 4.78 is 5.55. The lowest BCUT2D eigenvalue weighted by Gasteiger charge is -2.05. The fraction of sp³-hybridized carbons (Fsp3) is 0. The molecule has 1 amide bonds. The Morgan fingerprint density at radius 2 is 1.50 bits per heavy atom. The summed E-state index contributed by atoms with van der Waals surface area (Å²) in [6.45, 7) is 0. The summed E-state index contributed by atoms with van der Waals surface area (Å²) >= 11 is 0. The molecule has 2 aromatic rings. The van der Waals surface area contributed by atoms with Gasteiger partial charge in [-0.25, -0.2) is 0 Å². The zero-order valence-corrected chi connectivity index (χ0v) is 9.46. The highest BCUT2D eigenvalue weighted by Gasteiger charge is 2.01. The largest absolute Gasteiger partial charge is 0.457 e. The molecule has 2 rings (SSSR count). The summed E-state index contributed by atoms with van der Waals surface area (Å²) in [5, 5.41) is 8.67. The smallest absolute Gasteiger partial charge is 0.248 e. The van der Waals surface area contributed by atoms with E-state index in [1.165, 1.54) is 0 Å². The van der Waals surface area contributed by atoms with E-state index in [1.54, 1.807) is 48.5 Å². The van der Waals surface area contributed by atoms with Crippen molar-refractivity contribution in [1.82, 2.24) is 0 Å². The number of carbonyl (C=O) groups is 1. The Labute approximate surface area is 104 Å². The first kappa shape index (κ1) is 11.7. The van der Waals surface area contributed by atoms with E-state index in [-0.39, 0.29) is 0 Å². The van der Waals surface area contributed by atoms with Gasteiger partial charge in [0.25, 0.3) is 0 Å². The number of amides is 1. The van der Waals surface area contributed by atoms with Gasteiger partial charge in [-0.05, 0) is 48.5 Å². The highest BCUT2D eigenvalue weighted by atomic mass is 16.5. The lowest BCUT2D eigenvalue weighted by atomic mass is 10.2. The summed E-state index contributed by atoms with van der Waals surface area (Å²) in [6.07, 6.45) is 0. The first-order valence-electron chi connectivity index (χ1n) is 5.27. The van der Waals surface area contributed by atoms with Crippen LogP contribution in [0.1, 0.15) is 15.9 Å². The van der Waals surface area contributed by atoms with Gasteiger partial charge in [0.2, 0.25) is 5.91 Å². The van der Waals surface area contributed by atoms with Crippen LogP contribution in [0.4, 0.5) is 0 Å². The molecule has 0 radical (unpaired) electrons. The Hall–Kier alpha value is -2.80. The number of ether oxygens (including phenoxy) is 1. The average molecular weight is 238 g/mol. The van der Waals surface area contributed by atoms with Gasteiger partial charge in [-0.2, -0.15) is 5.26 Å². The molecule has 0 aliphatic heterocycles. The molecular weight excluding hydrogens is 228 g/mol. The van der Waals surface area contributed by atoms with Crippen LogP contribution in [0.15, 0.2) is 48.5 Å². The minimum absolute atomic E-state index is 0.433. The van der Waals surface area contributed by atoms with Gasteiger partial charge in [0.15, 0.2) is 0 Å². The lowest BCUT2D eigenvalue weighted by molar-refractivity contribution is 0.100. The Morgan fingerprint density at radius 1 is 1.00 bits per heavy atom. The fourth-order valence-electron chi connectivity index (χ4n) is 1.42. The highest BCUT2D eigenvalue weighted by molar-refractivity contribution is 5.92. The number of nitrogens with zero attached hydrogens (tertiary/aromatic N) is 1.